The highest BCUT2D eigenvalue weighted by Crippen LogP contribution is 2.29. The number of hydrogen-bond donors (Lipinski definition) is 1. The molecule has 0 aliphatic carbocycles. The molecule has 0 bridgehead atoms. The molecule has 0 heterocycles. The normalized spacial score (nSPS) is 11.3. The number of nitrogens with zero attached hydrogens (tertiary/aromatic N) is 1. The predicted molar refractivity (Wildman–Crippen MR) is 77.6 cm³/mol. The lowest BCUT2D eigenvalue weighted by Gasteiger charge is -2.22. The Labute approximate surface area is 117 Å². The fourth-order valence-corrected chi connectivity index (χ4v) is 3.52. The van der Waals surface area contributed by atoms with E-state index in [1.165, 1.54) is 31.3 Å². The van der Waals surface area contributed by atoms with Gasteiger partial charge in [-0.2, -0.15) is 0 Å². The Kier molecular flexibility index (Phi) is 3.67. The van der Waals surface area contributed by atoms with Gasteiger partial charge in [-0.15, -0.1) is 0 Å². The highest BCUT2D eigenvalue weighted by atomic mass is 32.2. The van der Waals surface area contributed by atoms with Crippen molar-refractivity contribution in [2.75, 3.05) is 17.1 Å². The van der Waals surface area contributed by atoms with Crippen LogP contribution < -0.4 is 10.0 Å². The molecule has 2 rings (SSSR count). The second-order valence-corrected chi connectivity index (χ2v) is 6.32. The van der Waals surface area contributed by atoms with Crippen LogP contribution in [0.1, 0.15) is 5.56 Å². The summed E-state index contributed by atoms with van der Waals surface area (Å²) in [5.74, 6) is -0.606. The fourth-order valence-electron chi connectivity index (χ4n) is 2.00. The molecule has 2 aromatic rings. The highest BCUT2D eigenvalue weighted by Gasteiger charge is 2.26. The first-order valence-corrected chi connectivity index (χ1v) is 7.38. The summed E-state index contributed by atoms with van der Waals surface area (Å²) in [6.07, 6.45) is 0. The molecule has 0 unspecified atom stereocenters. The third-order valence-electron chi connectivity index (χ3n) is 3.05. The van der Waals surface area contributed by atoms with Gasteiger partial charge in [0.25, 0.3) is 10.0 Å². The van der Waals surface area contributed by atoms with E-state index in [-0.39, 0.29) is 16.3 Å². The lowest BCUT2D eigenvalue weighted by Crippen LogP contribution is -2.28. The maximum Gasteiger partial charge on any atom is 0.266 e. The van der Waals surface area contributed by atoms with Gasteiger partial charge < -0.3 is 5.73 Å². The highest BCUT2D eigenvalue weighted by molar-refractivity contribution is 7.93. The van der Waals surface area contributed by atoms with Gasteiger partial charge in [0.05, 0.1) is 11.4 Å². The molecule has 0 aliphatic heterocycles. The van der Waals surface area contributed by atoms with Crippen molar-refractivity contribution in [3.8, 4) is 0 Å². The zero-order chi connectivity index (χ0) is 14.9. The van der Waals surface area contributed by atoms with Crippen LogP contribution in [0.25, 0.3) is 0 Å². The minimum atomic E-state index is -3.91. The maximum absolute atomic E-state index is 13.7. The average Bonchev–Trinajstić information content (AvgIpc) is 2.38. The Morgan fingerprint density at radius 1 is 1.10 bits per heavy atom. The van der Waals surface area contributed by atoms with Crippen LogP contribution in [-0.4, -0.2) is 15.5 Å². The molecule has 106 valence electrons. The summed E-state index contributed by atoms with van der Waals surface area (Å²) in [5.41, 5.74) is 6.41. The number of anilines is 2. The van der Waals surface area contributed by atoms with Gasteiger partial charge in [-0.05, 0) is 30.7 Å². The van der Waals surface area contributed by atoms with Crippen molar-refractivity contribution in [2.45, 2.75) is 11.8 Å². The number of para-hydroxylation sites is 1. The predicted octanol–water partition coefficient (Wildman–Crippen LogP) is 2.54. The number of hydrogen-bond acceptors (Lipinski definition) is 3. The van der Waals surface area contributed by atoms with E-state index in [4.69, 9.17) is 5.73 Å². The Balaban J connectivity index is 2.59. The zero-order valence-electron chi connectivity index (χ0n) is 11.2. The summed E-state index contributed by atoms with van der Waals surface area (Å²) in [6, 6.07) is 10.5. The minimum Gasteiger partial charge on any atom is -0.398 e. The first-order chi connectivity index (χ1) is 9.35. The summed E-state index contributed by atoms with van der Waals surface area (Å²) >= 11 is 0. The number of sulfonamides is 1. The lowest BCUT2D eigenvalue weighted by atomic mass is 10.2. The van der Waals surface area contributed by atoms with Gasteiger partial charge in [-0.3, -0.25) is 4.31 Å². The van der Waals surface area contributed by atoms with Crippen molar-refractivity contribution in [3.63, 3.8) is 0 Å². The van der Waals surface area contributed by atoms with E-state index in [9.17, 15) is 12.8 Å². The van der Waals surface area contributed by atoms with Crippen LogP contribution in [0.4, 0.5) is 15.8 Å². The summed E-state index contributed by atoms with van der Waals surface area (Å²) < 4.78 is 39.9. The standard InChI is InChI=1S/C14H15FN2O2S/c1-10-6-5-8-12(16)14(10)20(18,19)17(2)13-9-4-3-7-11(13)15/h3-9H,16H2,1-2H3. The van der Waals surface area contributed by atoms with E-state index in [0.717, 1.165) is 4.31 Å². The van der Waals surface area contributed by atoms with Gasteiger partial charge >= 0.3 is 0 Å². The molecule has 0 saturated carbocycles. The summed E-state index contributed by atoms with van der Waals surface area (Å²) in [7, 11) is -2.60. The average molecular weight is 294 g/mol. The van der Waals surface area contributed by atoms with Crippen molar-refractivity contribution in [2.24, 2.45) is 0 Å². The number of benzene rings is 2. The SMILES string of the molecule is Cc1cccc(N)c1S(=O)(=O)N(C)c1ccccc1F. The van der Waals surface area contributed by atoms with Crippen molar-refractivity contribution in [3.05, 3.63) is 53.8 Å². The molecule has 2 aromatic carbocycles. The molecule has 6 heteroatoms. The Bertz CT molecular complexity index is 724. The second kappa shape index (κ2) is 5.13. The van der Waals surface area contributed by atoms with Gasteiger partial charge in [0, 0.05) is 7.05 Å². The monoisotopic (exact) mass is 294 g/mol. The second-order valence-electron chi connectivity index (χ2n) is 4.42. The van der Waals surface area contributed by atoms with Crippen LogP contribution in [0.2, 0.25) is 0 Å². The van der Waals surface area contributed by atoms with Crippen molar-refractivity contribution >= 4 is 21.4 Å². The van der Waals surface area contributed by atoms with Gasteiger partial charge in [0.15, 0.2) is 0 Å². The lowest BCUT2D eigenvalue weighted by molar-refractivity contribution is 0.589. The Morgan fingerprint density at radius 2 is 1.75 bits per heavy atom. The quantitative estimate of drug-likeness (QED) is 0.885. The first-order valence-electron chi connectivity index (χ1n) is 5.94. The molecule has 0 spiro atoms. The molecular weight excluding hydrogens is 279 g/mol. The summed E-state index contributed by atoms with van der Waals surface area (Å²) in [4.78, 5) is 0.00533. The van der Waals surface area contributed by atoms with E-state index < -0.39 is 15.8 Å². The van der Waals surface area contributed by atoms with Crippen LogP contribution >= 0.6 is 0 Å². The molecule has 0 aromatic heterocycles. The molecule has 0 saturated heterocycles. The van der Waals surface area contributed by atoms with E-state index >= 15 is 0 Å². The number of halogens is 1. The molecule has 0 atom stereocenters. The largest absolute Gasteiger partial charge is 0.398 e. The van der Waals surface area contributed by atoms with Crippen LogP contribution in [0, 0.1) is 12.7 Å². The molecule has 0 radical (unpaired) electrons. The third-order valence-corrected chi connectivity index (χ3v) is 5.04. The van der Waals surface area contributed by atoms with Gasteiger partial charge in [0.1, 0.15) is 10.7 Å². The van der Waals surface area contributed by atoms with Gasteiger partial charge in [-0.1, -0.05) is 24.3 Å². The number of nitrogens with two attached hydrogens (primary N) is 1. The molecule has 20 heavy (non-hydrogen) atoms. The molecule has 0 amide bonds. The van der Waals surface area contributed by atoms with Crippen LogP contribution in [-0.2, 0) is 10.0 Å². The van der Waals surface area contributed by atoms with Crippen LogP contribution in [0.5, 0.6) is 0 Å². The van der Waals surface area contributed by atoms with E-state index in [0.29, 0.717) is 5.56 Å². The van der Waals surface area contributed by atoms with Crippen LogP contribution in [0.15, 0.2) is 47.4 Å². The topological polar surface area (TPSA) is 63.4 Å². The number of nitrogen functional groups attached to an aromatic ring is 1. The summed E-state index contributed by atoms with van der Waals surface area (Å²) in [5, 5.41) is 0. The van der Waals surface area contributed by atoms with E-state index in [1.54, 1.807) is 25.1 Å². The van der Waals surface area contributed by atoms with E-state index in [2.05, 4.69) is 0 Å². The molecule has 0 fully saturated rings. The van der Waals surface area contributed by atoms with Crippen molar-refractivity contribution in [1.29, 1.82) is 0 Å². The maximum atomic E-state index is 13.7. The third kappa shape index (κ3) is 2.34. The van der Waals surface area contributed by atoms with Gasteiger partial charge in [0.2, 0.25) is 0 Å². The smallest absolute Gasteiger partial charge is 0.266 e. The Hall–Kier alpha value is -2.08. The molecule has 2 N–H and O–H groups in total. The molecule has 4 nitrogen and oxygen atoms in total. The van der Waals surface area contributed by atoms with Crippen LogP contribution in [0.3, 0.4) is 0 Å². The van der Waals surface area contributed by atoms with Gasteiger partial charge in [-0.25, -0.2) is 12.8 Å². The van der Waals surface area contributed by atoms with Crippen molar-refractivity contribution in [1.82, 2.24) is 0 Å². The van der Waals surface area contributed by atoms with Crippen molar-refractivity contribution < 1.29 is 12.8 Å². The molecule has 0 aliphatic rings. The summed E-state index contributed by atoms with van der Waals surface area (Å²) in [6.45, 7) is 1.65. The Morgan fingerprint density at radius 3 is 2.35 bits per heavy atom. The zero-order valence-corrected chi connectivity index (χ0v) is 12.0. The number of aryl methyl sites for hydroxylation is 1. The fraction of sp³-hybridized carbons (Fsp3) is 0.143. The first kappa shape index (κ1) is 14.3. The van der Waals surface area contributed by atoms with E-state index in [1.807, 2.05) is 0 Å². The molecular formula is C14H15FN2O2S. The minimum absolute atomic E-state index is 0.00533. The number of rotatable bonds is 3.